The van der Waals surface area contributed by atoms with Crippen LogP contribution in [-0.2, 0) is 4.79 Å². The van der Waals surface area contributed by atoms with Crippen molar-refractivity contribution in [2.45, 2.75) is 0 Å². The van der Waals surface area contributed by atoms with Gasteiger partial charge in [0.25, 0.3) is 0 Å². The van der Waals surface area contributed by atoms with Crippen molar-refractivity contribution < 1.29 is 4.79 Å². The average molecular weight is 258 g/mol. The fraction of sp³-hybridized carbons (Fsp3) is 0.0833. The SMILES string of the molecule is N#Cc1ccc(NCC(=O)Nc2nccs2)cc1. The quantitative estimate of drug-likeness (QED) is 0.880. The number of aromatic nitrogens is 1. The molecule has 6 heteroatoms. The summed E-state index contributed by atoms with van der Waals surface area (Å²) in [5.74, 6) is -0.158. The standard InChI is InChI=1S/C12H10N4OS/c13-7-9-1-3-10(4-2-9)15-8-11(17)16-12-14-5-6-18-12/h1-6,15H,8H2,(H,14,16,17). The van der Waals surface area contributed by atoms with Crippen molar-refractivity contribution in [3.63, 3.8) is 0 Å². The molecule has 90 valence electrons. The van der Waals surface area contributed by atoms with Crippen molar-refractivity contribution in [3.8, 4) is 6.07 Å². The third-order valence-electron chi connectivity index (χ3n) is 2.15. The van der Waals surface area contributed by atoms with Crippen LogP contribution in [0.3, 0.4) is 0 Å². The maximum Gasteiger partial charge on any atom is 0.245 e. The maximum absolute atomic E-state index is 11.5. The van der Waals surface area contributed by atoms with E-state index in [4.69, 9.17) is 5.26 Å². The Hall–Kier alpha value is -2.39. The van der Waals surface area contributed by atoms with E-state index in [0.717, 1.165) is 5.69 Å². The van der Waals surface area contributed by atoms with E-state index in [1.165, 1.54) is 11.3 Å². The van der Waals surface area contributed by atoms with E-state index in [2.05, 4.69) is 15.6 Å². The number of nitriles is 1. The van der Waals surface area contributed by atoms with Crippen LogP contribution in [0.2, 0.25) is 0 Å². The summed E-state index contributed by atoms with van der Waals surface area (Å²) in [6.07, 6.45) is 1.63. The van der Waals surface area contributed by atoms with Crippen LogP contribution in [0.1, 0.15) is 5.56 Å². The van der Waals surface area contributed by atoms with Gasteiger partial charge in [0, 0.05) is 17.3 Å². The number of amides is 1. The number of nitrogens with one attached hydrogen (secondary N) is 2. The Bertz CT molecular complexity index is 557. The Morgan fingerprint density at radius 2 is 2.17 bits per heavy atom. The fourth-order valence-electron chi connectivity index (χ4n) is 1.29. The van der Waals surface area contributed by atoms with E-state index < -0.39 is 0 Å². The first-order valence-corrected chi connectivity index (χ1v) is 6.09. The van der Waals surface area contributed by atoms with Crippen molar-refractivity contribution in [1.29, 1.82) is 5.26 Å². The second kappa shape index (κ2) is 5.80. The first kappa shape index (κ1) is 12.1. The van der Waals surface area contributed by atoms with E-state index in [1.54, 1.807) is 35.8 Å². The molecule has 2 aromatic rings. The molecular weight excluding hydrogens is 248 g/mol. The van der Waals surface area contributed by atoms with Gasteiger partial charge in [0.1, 0.15) is 0 Å². The Kier molecular flexibility index (Phi) is 3.89. The zero-order valence-corrected chi connectivity index (χ0v) is 10.2. The lowest BCUT2D eigenvalue weighted by Crippen LogP contribution is -2.21. The predicted octanol–water partition coefficient (Wildman–Crippen LogP) is 2.07. The first-order chi connectivity index (χ1) is 8.78. The smallest absolute Gasteiger partial charge is 0.245 e. The number of thiazole rings is 1. The zero-order valence-electron chi connectivity index (χ0n) is 9.38. The molecule has 1 amide bonds. The summed E-state index contributed by atoms with van der Waals surface area (Å²) in [5.41, 5.74) is 1.39. The van der Waals surface area contributed by atoms with Gasteiger partial charge in [-0.15, -0.1) is 11.3 Å². The molecular formula is C12H10N4OS. The van der Waals surface area contributed by atoms with Gasteiger partial charge in [0.2, 0.25) is 5.91 Å². The topological polar surface area (TPSA) is 77.8 Å². The lowest BCUT2D eigenvalue weighted by Gasteiger charge is -2.05. The molecule has 0 unspecified atom stereocenters. The third-order valence-corrected chi connectivity index (χ3v) is 2.83. The number of hydrogen-bond acceptors (Lipinski definition) is 5. The molecule has 0 aliphatic rings. The molecule has 0 saturated heterocycles. The molecule has 0 saturated carbocycles. The number of hydrogen-bond donors (Lipinski definition) is 2. The molecule has 1 heterocycles. The summed E-state index contributed by atoms with van der Waals surface area (Å²) in [6, 6.07) is 8.94. The Morgan fingerprint density at radius 3 is 2.78 bits per heavy atom. The number of rotatable bonds is 4. The largest absolute Gasteiger partial charge is 0.376 e. The van der Waals surface area contributed by atoms with Crippen LogP contribution in [0.15, 0.2) is 35.8 Å². The van der Waals surface area contributed by atoms with Gasteiger partial charge < -0.3 is 10.6 Å². The van der Waals surface area contributed by atoms with Gasteiger partial charge in [-0.1, -0.05) is 0 Å². The molecule has 0 atom stereocenters. The van der Waals surface area contributed by atoms with Gasteiger partial charge in [-0.2, -0.15) is 5.26 Å². The Labute approximate surface area is 108 Å². The number of carbonyl (C=O) groups excluding carboxylic acids is 1. The molecule has 2 rings (SSSR count). The van der Waals surface area contributed by atoms with Gasteiger partial charge >= 0.3 is 0 Å². The molecule has 0 aliphatic carbocycles. The minimum Gasteiger partial charge on any atom is -0.376 e. The number of nitrogens with zero attached hydrogens (tertiary/aromatic N) is 2. The molecule has 0 spiro atoms. The molecule has 18 heavy (non-hydrogen) atoms. The first-order valence-electron chi connectivity index (χ1n) is 5.21. The highest BCUT2D eigenvalue weighted by atomic mass is 32.1. The molecule has 0 fully saturated rings. The second-order valence-electron chi connectivity index (χ2n) is 3.43. The van der Waals surface area contributed by atoms with Crippen LogP contribution in [0, 0.1) is 11.3 Å². The molecule has 1 aromatic heterocycles. The highest BCUT2D eigenvalue weighted by Gasteiger charge is 2.03. The normalized spacial score (nSPS) is 9.50. The van der Waals surface area contributed by atoms with Crippen molar-refractivity contribution >= 4 is 28.1 Å². The highest BCUT2D eigenvalue weighted by molar-refractivity contribution is 7.13. The lowest BCUT2D eigenvalue weighted by atomic mass is 10.2. The lowest BCUT2D eigenvalue weighted by molar-refractivity contribution is -0.114. The van der Waals surface area contributed by atoms with E-state index in [0.29, 0.717) is 10.7 Å². The van der Waals surface area contributed by atoms with Gasteiger partial charge in [0.15, 0.2) is 5.13 Å². The fourth-order valence-corrected chi connectivity index (χ4v) is 1.84. The summed E-state index contributed by atoms with van der Waals surface area (Å²) in [5, 5.41) is 16.7. The monoisotopic (exact) mass is 258 g/mol. The second-order valence-corrected chi connectivity index (χ2v) is 4.32. The van der Waals surface area contributed by atoms with Crippen LogP contribution < -0.4 is 10.6 Å². The molecule has 0 bridgehead atoms. The highest BCUT2D eigenvalue weighted by Crippen LogP contribution is 2.11. The van der Waals surface area contributed by atoms with Crippen molar-refractivity contribution in [3.05, 3.63) is 41.4 Å². The summed E-state index contributed by atoms with van der Waals surface area (Å²) in [7, 11) is 0. The van der Waals surface area contributed by atoms with Crippen LogP contribution in [-0.4, -0.2) is 17.4 Å². The van der Waals surface area contributed by atoms with Gasteiger partial charge in [-0.25, -0.2) is 4.98 Å². The van der Waals surface area contributed by atoms with Crippen LogP contribution >= 0.6 is 11.3 Å². The summed E-state index contributed by atoms with van der Waals surface area (Å²) >= 11 is 1.37. The van der Waals surface area contributed by atoms with Crippen molar-refractivity contribution in [1.82, 2.24) is 4.98 Å². The summed E-state index contributed by atoms with van der Waals surface area (Å²) in [6.45, 7) is 0.158. The van der Waals surface area contributed by atoms with E-state index in [1.807, 2.05) is 6.07 Å². The summed E-state index contributed by atoms with van der Waals surface area (Å²) in [4.78, 5) is 15.5. The van der Waals surface area contributed by atoms with Gasteiger partial charge in [-0.3, -0.25) is 4.79 Å². The summed E-state index contributed by atoms with van der Waals surface area (Å²) < 4.78 is 0. The van der Waals surface area contributed by atoms with Crippen LogP contribution in [0.5, 0.6) is 0 Å². The number of anilines is 2. The molecule has 0 radical (unpaired) electrons. The zero-order chi connectivity index (χ0) is 12.8. The Balaban J connectivity index is 1.83. The van der Waals surface area contributed by atoms with Crippen LogP contribution in [0.25, 0.3) is 0 Å². The average Bonchev–Trinajstić information content (AvgIpc) is 2.90. The van der Waals surface area contributed by atoms with Gasteiger partial charge in [-0.05, 0) is 24.3 Å². The van der Waals surface area contributed by atoms with E-state index >= 15 is 0 Å². The molecule has 5 nitrogen and oxygen atoms in total. The number of benzene rings is 1. The molecule has 1 aromatic carbocycles. The van der Waals surface area contributed by atoms with E-state index in [9.17, 15) is 4.79 Å². The minimum atomic E-state index is -0.158. The Morgan fingerprint density at radius 1 is 1.39 bits per heavy atom. The molecule has 0 aliphatic heterocycles. The number of carbonyl (C=O) groups is 1. The van der Waals surface area contributed by atoms with Gasteiger partial charge in [0.05, 0.1) is 18.2 Å². The van der Waals surface area contributed by atoms with Crippen LogP contribution in [0.4, 0.5) is 10.8 Å². The predicted molar refractivity (Wildman–Crippen MR) is 70.4 cm³/mol. The molecule has 2 N–H and O–H groups in total. The van der Waals surface area contributed by atoms with E-state index in [-0.39, 0.29) is 12.5 Å². The maximum atomic E-state index is 11.5. The third kappa shape index (κ3) is 3.30. The van der Waals surface area contributed by atoms with Crippen molar-refractivity contribution in [2.24, 2.45) is 0 Å². The minimum absolute atomic E-state index is 0.158. The van der Waals surface area contributed by atoms with Crippen molar-refractivity contribution in [2.75, 3.05) is 17.2 Å².